The molecule has 0 aliphatic rings. The highest BCUT2D eigenvalue weighted by Crippen LogP contribution is 2.36. The average molecular weight is 406 g/mol. The normalized spacial score (nSPS) is 10.9. The number of ether oxygens (including phenoxy) is 1. The van der Waals surface area contributed by atoms with Crippen molar-refractivity contribution in [3.63, 3.8) is 0 Å². The molecule has 1 heterocycles. The van der Waals surface area contributed by atoms with Crippen LogP contribution in [0.4, 0.5) is 17.2 Å². The molecule has 8 heteroatoms. The Morgan fingerprint density at radius 3 is 2.47 bits per heavy atom. The molecule has 2 aromatic carbocycles. The molecule has 0 saturated carbocycles. The van der Waals surface area contributed by atoms with Gasteiger partial charge in [0.2, 0.25) is 0 Å². The summed E-state index contributed by atoms with van der Waals surface area (Å²) < 4.78 is 4.82. The number of aromatic nitrogens is 2. The zero-order chi connectivity index (χ0) is 22.0. The maximum Gasteiger partial charge on any atom is 0.337 e. The van der Waals surface area contributed by atoms with Crippen LogP contribution >= 0.6 is 0 Å². The van der Waals surface area contributed by atoms with Gasteiger partial charge in [0.1, 0.15) is 5.69 Å². The summed E-state index contributed by atoms with van der Waals surface area (Å²) in [6.07, 6.45) is 0. The lowest BCUT2D eigenvalue weighted by Gasteiger charge is -2.25. The number of hydrogen-bond acceptors (Lipinski definition) is 8. The zero-order valence-corrected chi connectivity index (χ0v) is 17.9. The second-order valence-corrected chi connectivity index (χ2v) is 7.27. The second kappa shape index (κ2) is 8.46. The number of nitrogens with two attached hydrogens (primary N) is 1. The number of methoxy groups -OCH3 is 1. The first kappa shape index (κ1) is 21.2. The van der Waals surface area contributed by atoms with Gasteiger partial charge >= 0.3 is 5.97 Å². The molecule has 0 bridgehead atoms. The van der Waals surface area contributed by atoms with E-state index < -0.39 is 5.97 Å². The molecule has 30 heavy (non-hydrogen) atoms. The van der Waals surface area contributed by atoms with Crippen LogP contribution in [0.25, 0.3) is 22.3 Å². The monoisotopic (exact) mass is 406 g/mol. The Kier molecular flexibility index (Phi) is 5.98. The van der Waals surface area contributed by atoms with Crippen molar-refractivity contribution < 1.29 is 9.53 Å². The minimum atomic E-state index is -0.412. The van der Waals surface area contributed by atoms with Crippen molar-refractivity contribution >= 4 is 40.9 Å². The quantitative estimate of drug-likeness (QED) is 0.289. The highest BCUT2D eigenvalue weighted by molar-refractivity contribution is 5.94. The lowest BCUT2D eigenvalue weighted by atomic mass is 10.1. The van der Waals surface area contributed by atoms with E-state index in [4.69, 9.17) is 20.5 Å². The molecule has 3 rings (SSSR count). The SMILES string of the molecule is C=Nc1cc(-c2nc3ccc(C(=O)OC)cc3nc2N(C)C(C)C)ccc1N(C)N. The van der Waals surface area contributed by atoms with Gasteiger partial charge < -0.3 is 14.6 Å². The van der Waals surface area contributed by atoms with E-state index >= 15 is 0 Å². The molecule has 0 unspecified atom stereocenters. The van der Waals surface area contributed by atoms with Gasteiger partial charge in [0.15, 0.2) is 5.82 Å². The van der Waals surface area contributed by atoms with Gasteiger partial charge in [-0.3, -0.25) is 4.99 Å². The Morgan fingerprint density at radius 1 is 1.13 bits per heavy atom. The molecule has 0 aliphatic carbocycles. The number of rotatable bonds is 6. The molecule has 0 atom stereocenters. The first-order chi connectivity index (χ1) is 14.3. The number of anilines is 2. The molecule has 156 valence electrons. The van der Waals surface area contributed by atoms with Gasteiger partial charge in [0.25, 0.3) is 0 Å². The smallest absolute Gasteiger partial charge is 0.337 e. The molecular weight excluding hydrogens is 380 g/mol. The Labute approximate surface area is 176 Å². The summed E-state index contributed by atoms with van der Waals surface area (Å²) in [5.74, 6) is 6.18. The molecule has 1 aromatic heterocycles. The van der Waals surface area contributed by atoms with Crippen molar-refractivity contribution in [3.05, 3.63) is 42.0 Å². The van der Waals surface area contributed by atoms with Crippen LogP contribution in [0, 0.1) is 0 Å². The van der Waals surface area contributed by atoms with Crippen LogP contribution in [-0.4, -0.2) is 49.9 Å². The summed E-state index contributed by atoms with van der Waals surface area (Å²) in [6, 6.07) is 11.0. The van der Waals surface area contributed by atoms with Crippen molar-refractivity contribution in [1.82, 2.24) is 9.97 Å². The fourth-order valence-corrected chi connectivity index (χ4v) is 3.07. The third kappa shape index (κ3) is 3.95. The van der Waals surface area contributed by atoms with Gasteiger partial charge in [0.05, 0.1) is 35.1 Å². The minimum Gasteiger partial charge on any atom is -0.465 e. The Bertz CT molecular complexity index is 1110. The largest absolute Gasteiger partial charge is 0.465 e. The molecule has 0 spiro atoms. The van der Waals surface area contributed by atoms with Crippen molar-refractivity contribution in [2.24, 2.45) is 10.8 Å². The number of carbonyl (C=O) groups is 1. The number of fused-ring (bicyclic) bond motifs is 1. The Balaban J connectivity index is 2.25. The van der Waals surface area contributed by atoms with Crippen LogP contribution in [0.3, 0.4) is 0 Å². The van der Waals surface area contributed by atoms with Gasteiger partial charge in [-0.1, -0.05) is 6.07 Å². The van der Waals surface area contributed by atoms with Gasteiger partial charge in [-0.05, 0) is 50.9 Å². The van der Waals surface area contributed by atoms with Crippen molar-refractivity contribution in [3.8, 4) is 11.3 Å². The van der Waals surface area contributed by atoms with E-state index in [0.717, 1.165) is 11.3 Å². The number of hydrogen-bond donors (Lipinski definition) is 1. The number of aliphatic imine (C=N–C) groups is 1. The van der Waals surface area contributed by atoms with Crippen LogP contribution in [0.5, 0.6) is 0 Å². The first-order valence-corrected chi connectivity index (χ1v) is 9.49. The fraction of sp³-hybridized carbons (Fsp3) is 0.273. The van der Waals surface area contributed by atoms with Crippen LogP contribution < -0.4 is 15.8 Å². The number of hydrazine groups is 1. The van der Waals surface area contributed by atoms with Crippen molar-refractivity contribution in [1.29, 1.82) is 0 Å². The third-order valence-corrected chi connectivity index (χ3v) is 4.97. The summed E-state index contributed by atoms with van der Waals surface area (Å²) in [6.45, 7) is 7.80. The predicted molar refractivity (Wildman–Crippen MR) is 122 cm³/mol. The number of esters is 1. The molecule has 2 N–H and O–H groups in total. The van der Waals surface area contributed by atoms with E-state index in [1.54, 1.807) is 25.2 Å². The van der Waals surface area contributed by atoms with E-state index in [0.29, 0.717) is 33.8 Å². The van der Waals surface area contributed by atoms with Crippen LogP contribution in [0.15, 0.2) is 41.4 Å². The highest BCUT2D eigenvalue weighted by atomic mass is 16.5. The average Bonchev–Trinajstić information content (AvgIpc) is 2.75. The van der Waals surface area contributed by atoms with E-state index in [-0.39, 0.29) is 6.04 Å². The second-order valence-electron chi connectivity index (χ2n) is 7.27. The Hall–Kier alpha value is -3.52. The topological polar surface area (TPSA) is 96.9 Å². The number of benzene rings is 2. The Morgan fingerprint density at radius 2 is 1.87 bits per heavy atom. The zero-order valence-electron chi connectivity index (χ0n) is 17.9. The standard InChI is InChI=1S/C22H26N6O2/c1-13(2)27(4)21-20(14-8-10-19(28(5)23)18(11-14)24-3)25-16-9-7-15(22(29)30-6)12-17(16)26-21/h7-13H,3,23H2,1-2,4-6H3. The highest BCUT2D eigenvalue weighted by Gasteiger charge is 2.19. The number of nitrogens with zero attached hydrogens (tertiary/aromatic N) is 5. The van der Waals surface area contributed by atoms with Crippen molar-refractivity contribution in [2.75, 3.05) is 31.1 Å². The maximum absolute atomic E-state index is 11.9. The summed E-state index contributed by atoms with van der Waals surface area (Å²) in [5, 5.41) is 1.50. The van der Waals surface area contributed by atoms with Gasteiger partial charge in [-0.25, -0.2) is 20.6 Å². The predicted octanol–water partition coefficient (Wildman–Crippen LogP) is 3.57. The molecular formula is C22H26N6O2. The third-order valence-electron chi connectivity index (χ3n) is 4.97. The lowest BCUT2D eigenvalue weighted by molar-refractivity contribution is 0.0601. The van der Waals surface area contributed by atoms with E-state index in [1.807, 2.05) is 30.1 Å². The molecule has 0 aliphatic heterocycles. The van der Waals surface area contributed by atoms with Crippen LogP contribution in [0.1, 0.15) is 24.2 Å². The minimum absolute atomic E-state index is 0.186. The number of carbonyl (C=O) groups excluding carboxylic acids is 1. The van der Waals surface area contributed by atoms with E-state index in [1.165, 1.54) is 12.1 Å². The molecule has 0 saturated heterocycles. The van der Waals surface area contributed by atoms with Gasteiger partial charge in [-0.2, -0.15) is 0 Å². The van der Waals surface area contributed by atoms with E-state index in [9.17, 15) is 4.79 Å². The van der Waals surface area contributed by atoms with Crippen LogP contribution in [-0.2, 0) is 4.74 Å². The molecule has 0 radical (unpaired) electrons. The lowest BCUT2D eigenvalue weighted by Crippen LogP contribution is -2.27. The van der Waals surface area contributed by atoms with Gasteiger partial charge in [0, 0.05) is 25.7 Å². The summed E-state index contributed by atoms with van der Waals surface area (Å²) in [4.78, 5) is 27.8. The van der Waals surface area contributed by atoms with Crippen molar-refractivity contribution in [2.45, 2.75) is 19.9 Å². The summed E-state index contributed by atoms with van der Waals surface area (Å²) >= 11 is 0. The first-order valence-electron chi connectivity index (χ1n) is 9.49. The van der Waals surface area contributed by atoms with E-state index in [2.05, 4.69) is 25.6 Å². The molecule has 3 aromatic rings. The molecule has 0 fully saturated rings. The summed E-state index contributed by atoms with van der Waals surface area (Å²) in [7, 11) is 5.06. The summed E-state index contributed by atoms with van der Waals surface area (Å²) in [5.41, 5.74) is 4.68. The van der Waals surface area contributed by atoms with Gasteiger partial charge in [-0.15, -0.1) is 0 Å². The molecule has 0 amide bonds. The van der Waals surface area contributed by atoms with Crippen LogP contribution in [0.2, 0.25) is 0 Å². The fourth-order valence-electron chi connectivity index (χ4n) is 3.07. The maximum atomic E-state index is 11.9. The molecule has 8 nitrogen and oxygen atoms in total.